The Morgan fingerprint density at radius 3 is 2.71 bits per heavy atom. The maximum Gasteiger partial charge on any atom is 0.251 e. The molecule has 3 N–H and O–H groups in total. The first-order valence-corrected chi connectivity index (χ1v) is 11.4. The van der Waals surface area contributed by atoms with Crippen molar-refractivity contribution in [1.82, 2.24) is 10.0 Å². The minimum atomic E-state index is -3.71. The van der Waals surface area contributed by atoms with Crippen molar-refractivity contribution in [2.24, 2.45) is 11.3 Å². The second kappa shape index (κ2) is 8.49. The highest BCUT2D eigenvalue weighted by atomic mass is 32.2. The highest BCUT2D eigenvalue weighted by molar-refractivity contribution is 7.89. The Kier molecular flexibility index (Phi) is 6.44. The maximum absolute atomic E-state index is 12.5. The molecular weight excluding hydrogens is 380 g/mol. The van der Waals surface area contributed by atoms with Crippen molar-refractivity contribution < 1.29 is 23.1 Å². The number of carbonyl (C=O) groups excluding carboxylic acids is 1. The van der Waals surface area contributed by atoms with Crippen LogP contribution in [0.5, 0.6) is 0 Å². The molecule has 2 atom stereocenters. The molecule has 0 spiro atoms. The molecular formula is C20H30N2O5S. The number of carbonyl (C=O) groups is 1. The molecule has 2 fully saturated rings. The number of ether oxygens (including phenoxy) is 1. The summed E-state index contributed by atoms with van der Waals surface area (Å²) in [5, 5.41) is 13.2. The van der Waals surface area contributed by atoms with Gasteiger partial charge in [-0.25, -0.2) is 13.1 Å². The molecule has 1 saturated carbocycles. The lowest BCUT2D eigenvalue weighted by Gasteiger charge is -2.25. The Labute approximate surface area is 166 Å². The van der Waals surface area contributed by atoms with Crippen LogP contribution in [0.15, 0.2) is 29.2 Å². The van der Waals surface area contributed by atoms with Gasteiger partial charge >= 0.3 is 0 Å². The third kappa shape index (κ3) is 4.92. The Bertz CT molecular complexity index is 799. The predicted octanol–water partition coefficient (Wildman–Crippen LogP) is 1.67. The zero-order chi connectivity index (χ0) is 20.4. The first kappa shape index (κ1) is 21.2. The van der Waals surface area contributed by atoms with Gasteiger partial charge in [-0.05, 0) is 49.8 Å². The third-order valence-corrected chi connectivity index (χ3v) is 7.10. The summed E-state index contributed by atoms with van der Waals surface area (Å²) in [5.74, 6) is -0.207. The largest absolute Gasteiger partial charge is 0.392 e. The van der Waals surface area contributed by atoms with Gasteiger partial charge in [0.25, 0.3) is 5.91 Å². The zero-order valence-corrected chi connectivity index (χ0v) is 17.3. The number of aliphatic hydroxyl groups excluding tert-OH is 1. The predicted molar refractivity (Wildman–Crippen MR) is 105 cm³/mol. The van der Waals surface area contributed by atoms with Crippen LogP contribution in [0.4, 0.5) is 0 Å². The number of hydrogen-bond acceptors (Lipinski definition) is 5. The van der Waals surface area contributed by atoms with Crippen LogP contribution in [-0.4, -0.2) is 51.3 Å². The van der Waals surface area contributed by atoms with E-state index in [0.29, 0.717) is 13.2 Å². The van der Waals surface area contributed by atoms with Gasteiger partial charge in [-0.15, -0.1) is 0 Å². The fraction of sp³-hybridized carbons (Fsp3) is 0.650. The van der Waals surface area contributed by atoms with Crippen molar-refractivity contribution in [2.75, 3.05) is 19.7 Å². The molecule has 1 aliphatic heterocycles. The number of sulfonamides is 1. The van der Waals surface area contributed by atoms with E-state index in [0.717, 1.165) is 25.7 Å². The Hall–Kier alpha value is -1.48. The molecule has 1 saturated heterocycles. The fourth-order valence-corrected chi connectivity index (χ4v) is 4.81. The van der Waals surface area contributed by atoms with E-state index < -0.39 is 16.1 Å². The molecule has 1 aromatic rings. The Balaban J connectivity index is 1.61. The fourth-order valence-electron chi connectivity index (χ4n) is 3.70. The molecule has 1 heterocycles. The second-order valence-corrected chi connectivity index (χ2v) is 10.0. The standard InChI is InChI=1S/C20H30N2O5S/c1-14(2)18(23)20(8-9-20)13-21-19(24)15-5-3-7-17(11-15)28(25,26)22-12-16-6-4-10-27-16/h3,5,7,11,14,16,18,22-23H,4,6,8-10,12-13H2,1-2H3,(H,21,24)/t16-,18+/m0/s1. The first-order valence-electron chi connectivity index (χ1n) is 9.91. The van der Waals surface area contributed by atoms with Crippen LogP contribution in [0.3, 0.4) is 0 Å². The van der Waals surface area contributed by atoms with Crippen LogP contribution in [0.1, 0.15) is 49.9 Å². The van der Waals surface area contributed by atoms with E-state index in [1.165, 1.54) is 12.1 Å². The number of aliphatic hydroxyl groups is 1. The van der Waals surface area contributed by atoms with Gasteiger partial charge in [0.1, 0.15) is 0 Å². The molecule has 156 valence electrons. The average molecular weight is 411 g/mol. The second-order valence-electron chi connectivity index (χ2n) is 8.25. The minimum Gasteiger partial charge on any atom is -0.392 e. The summed E-state index contributed by atoms with van der Waals surface area (Å²) in [6.07, 6.45) is 3.00. The molecule has 0 aromatic heterocycles. The lowest BCUT2D eigenvalue weighted by Crippen LogP contribution is -2.38. The molecule has 0 radical (unpaired) electrons. The number of hydrogen-bond donors (Lipinski definition) is 3. The van der Waals surface area contributed by atoms with Gasteiger partial charge in [0.05, 0.1) is 17.1 Å². The number of benzene rings is 1. The molecule has 3 rings (SSSR count). The van der Waals surface area contributed by atoms with E-state index in [1.807, 2.05) is 13.8 Å². The van der Waals surface area contributed by atoms with Crippen molar-refractivity contribution in [3.8, 4) is 0 Å². The van der Waals surface area contributed by atoms with Gasteiger partial charge < -0.3 is 15.2 Å². The van der Waals surface area contributed by atoms with Crippen LogP contribution in [0, 0.1) is 11.3 Å². The van der Waals surface area contributed by atoms with E-state index in [2.05, 4.69) is 10.0 Å². The van der Waals surface area contributed by atoms with Crippen LogP contribution < -0.4 is 10.0 Å². The lowest BCUT2D eigenvalue weighted by molar-refractivity contribution is 0.0490. The van der Waals surface area contributed by atoms with Crippen molar-refractivity contribution in [1.29, 1.82) is 0 Å². The van der Waals surface area contributed by atoms with E-state index >= 15 is 0 Å². The van der Waals surface area contributed by atoms with Crippen molar-refractivity contribution in [3.05, 3.63) is 29.8 Å². The molecule has 0 unspecified atom stereocenters. The van der Waals surface area contributed by atoms with Gasteiger partial charge in [-0.1, -0.05) is 19.9 Å². The van der Waals surface area contributed by atoms with Gasteiger partial charge in [-0.2, -0.15) is 0 Å². The quantitative estimate of drug-likeness (QED) is 0.574. The minimum absolute atomic E-state index is 0.0569. The van der Waals surface area contributed by atoms with Crippen LogP contribution in [0.25, 0.3) is 0 Å². The summed E-state index contributed by atoms with van der Waals surface area (Å²) < 4.78 is 33.0. The van der Waals surface area contributed by atoms with Gasteiger partial charge in [-0.3, -0.25) is 4.79 Å². The van der Waals surface area contributed by atoms with E-state index in [1.54, 1.807) is 12.1 Å². The van der Waals surface area contributed by atoms with Crippen molar-refractivity contribution in [2.45, 2.75) is 56.6 Å². The number of amides is 1. The lowest BCUT2D eigenvalue weighted by atomic mass is 9.90. The van der Waals surface area contributed by atoms with E-state index in [9.17, 15) is 18.3 Å². The van der Waals surface area contributed by atoms with Gasteiger partial charge in [0, 0.05) is 30.7 Å². The maximum atomic E-state index is 12.5. The SMILES string of the molecule is CC(C)[C@@H](O)C1(CNC(=O)c2cccc(S(=O)(=O)NC[C@@H]3CCCO3)c2)CC1. The molecule has 1 amide bonds. The highest BCUT2D eigenvalue weighted by Crippen LogP contribution is 2.50. The smallest absolute Gasteiger partial charge is 0.251 e. The monoisotopic (exact) mass is 410 g/mol. The molecule has 1 aromatic carbocycles. The summed E-state index contributed by atoms with van der Waals surface area (Å²) in [5.41, 5.74) is 0.0333. The summed E-state index contributed by atoms with van der Waals surface area (Å²) in [6.45, 7) is 5.21. The number of rotatable bonds is 9. The summed E-state index contributed by atoms with van der Waals surface area (Å²) in [4.78, 5) is 12.6. The highest BCUT2D eigenvalue weighted by Gasteiger charge is 2.49. The topological polar surface area (TPSA) is 105 Å². The molecule has 2 aliphatic rings. The van der Waals surface area contributed by atoms with Crippen LogP contribution in [-0.2, 0) is 14.8 Å². The van der Waals surface area contributed by atoms with Crippen LogP contribution in [0.2, 0.25) is 0 Å². The van der Waals surface area contributed by atoms with E-state index in [-0.39, 0.29) is 40.3 Å². The normalized spacial score (nSPS) is 22.2. The summed E-state index contributed by atoms with van der Waals surface area (Å²) >= 11 is 0. The van der Waals surface area contributed by atoms with Gasteiger partial charge in [0.2, 0.25) is 10.0 Å². The number of nitrogens with one attached hydrogen (secondary N) is 2. The Morgan fingerprint density at radius 2 is 2.11 bits per heavy atom. The summed E-state index contributed by atoms with van der Waals surface area (Å²) in [7, 11) is -3.71. The Morgan fingerprint density at radius 1 is 1.36 bits per heavy atom. The molecule has 1 aliphatic carbocycles. The third-order valence-electron chi connectivity index (χ3n) is 5.68. The molecule has 28 heavy (non-hydrogen) atoms. The first-order chi connectivity index (χ1) is 13.2. The zero-order valence-electron chi connectivity index (χ0n) is 16.5. The van der Waals surface area contributed by atoms with Crippen molar-refractivity contribution >= 4 is 15.9 Å². The average Bonchev–Trinajstić information content (AvgIpc) is 3.28. The van der Waals surface area contributed by atoms with Crippen LogP contribution >= 0.6 is 0 Å². The molecule has 8 heteroatoms. The van der Waals surface area contributed by atoms with Crippen molar-refractivity contribution in [3.63, 3.8) is 0 Å². The van der Waals surface area contributed by atoms with Gasteiger partial charge in [0.15, 0.2) is 0 Å². The molecule has 7 nitrogen and oxygen atoms in total. The van der Waals surface area contributed by atoms with E-state index in [4.69, 9.17) is 4.74 Å². The summed E-state index contributed by atoms with van der Waals surface area (Å²) in [6, 6.07) is 6.00. The molecule has 0 bridgehead atoms.